The van der Waals surface area contributed by atoms with Gasteiger partial charge in [-0.05, 0) is 71.6 Å². The van der Waals surface area contributed by atoms with E-state index in [9.17, 15) is 0 Å². The molecule has 0 fully saturated rings. The van der Waals surface area contributed by atoms with E-state index in [-0.39, 0.29) is 0 Å². The molecule has 0 radical (unpaired) electrons. The maximum absolute atomic E-state index is 2.42. The largest absolute Gasteiger partial charge is 0.144 e. The van der Waals surface area contributed by atoms with Gasteiger partial charge in [0.15, 0.2) is 0 Å². The number of benzene rings is 2. The number of fused-ring (bicyclic) bond motifs is 7. The van der Waals surface area contributed by atoms with Crippen molar-refractivity contribution in [3.8, 4) is 9.75 Å². The summed E-state index contributed by atoms with van der Waals surface area (Å²) in [5, 5.41) is 7.77. The molecule has 0 saturated carbocycles. The lowest BCUT2D eigenvalue weighted by Gasteiger charge is -1.93. The van der Waals surface area contributed by atoms with Crippen molar-refractivity contribution in [1.82, 2.24) is 0 Å². The molecule has 0 spiro atoms. The highest BCUT2D eigenvalue weighted by molar-refractivity contribution is 7.37. The first-order valence-electron chi connectivity index (χ1n) is 8.99. The van der Waals surface area contributed by atoms with E-state index in [1.165, 1.54) is 64.4 Å². The Labute approximate surface area is 180 Å². The van der Waals surface area contributed by atoms with E-state index in [1.807, 2.05) is 56.7 Å². The van der Waals surface area contributed by atoms with Gasteiger partial charge in [0.1, 0.15) is 0 Å². The highest BCUT2D eigenvalue weighted by atomic mass is 32.1. The number of rotatable bonds is 1. The van der Waals surface area contributed by atoms with Crippen LogP contribution in [0.1, 0.15) is 4.88 Å². The van der Waals surface area contributed by atoms with Crippen LogP contribution in [0.3, 0.4) is 0 Å². The first-order chi connectivity index (χ1) is 13.7. The van der Waals surface area contributed by atoms with E-state index in [4.69, 9.17) is 0 Å². The Morgan fingerprint density at radius 2 is 1.32 bits per heavy atom. The smallest absolute Gasteiger partial charge is 0.0542 e. The number of hydrogen-bond acceptors (Lipinski definition) is 5. The van der Waals surface area contributed by atoms with E-state index in [0.717, 1.165) is 0 Å². The molecule has 0 N–H and O–H groups in total. The molecule has 2 aromatic carbocycles. The first-order valence-corrected chi connectivity index (χ1v) is 13.1. The molecule has 0 atom stereocenters. The van der Waals surface area contributed by atoms with Gasteiger partial charge in [-0.2, -0.15) is 0 Å². The maximum atomic E-state index is 2.42. The Bertz CT molecular complexity index is 1680. The summed E-state index contributed by atoms with van der Waals surface area (Å²) in [7, 11) is 0. The normalized spacial score (nSPS) is 12.5. The van der Waals surface area contributed by atoms with Crippen LogP contribution in [-0.4, -0.2) is 0 Å². The Morgan fingerprint density at radius 3 is 2.07 bits per heavy atom. The second-order valence-electron chi connectivity index (χ2n) is 7.08. The van der Waals surface area contributed by atoms with Gasteiger partial charge in [0.05, 0.1) is 9.40 Å². The van der Waals surface area contributed by atoms with E-state index in [2.05, 4.69) is 60.8 Å². The molecule has 0 aliphatic heterocycles. The van der Waals surface area contributed by atoms with Gasteiger partial charge in [-0.25, -0.2) is 0 Å². The van der Waals surface area contributed by atoms with Crippen LogP contribution in [-0.2, 0) is 0 Å². The summed E-state index contributed by atoms with van der Waals surface area (Å²) in [5.41, 5.74) is 0. The summed E-state index contributed by atoms with van der Waals surface area (Å²) in [6.45, 7) is 2.18. The van der Waals surface area contributed by atoms with Crippen LogP contribution in [0.5, 0.6) is 0 Å². The lowest BCUT2D eigenvalue weighted by Crippen LogP contribution is -1.64. The maximum Gasteiger partial charge on any atom is 0.0542 e. The molecule has 0 aliphatic carbocycles. The van der Waals surface area contributed by atoms with E-state index < -0.39 is 0 Å². The zero-order valence-electron chi connectivity index (χ0n) is 14.7. The predicted molar refractivity (Wildman–Crippen MR) is 134 cm³/mol. The minimum atomic E-state index is 1.37. The standard InChI is InChI=1S/C23H12S5/c1-11-2-3-16(25-11)21-8-13-7-15-20(10-18(13)26-21)28-22-14-6-12-4-5-24-17(12)9-19(14)27-23(15)22/h2-10H,1H3. The van der Waals surface area contributed by atoms with Crippen LogP contribution in [0.25, 0.3) is 59.5 Å². The quantitative estimate of drug-likeness (QED) is 0.234. The molecular formula is C23H12S5. The predicted octanol–water partition coefficient (Wildman–Crippen LogP) is 9.74. The van der Waals surface area contributed by atoms with Crippen LogP contribution >= 0.6 is 56.7 Å². The van der Waals surface area contributed by atoms with Crippen LogP contribution in [0.4, 0.5) is 0 Å². The molecule has 0 unspecified atom stereocenters. The fourth-order valence-electron chi connectivity index (χ4n) is 3.94. The lowest BCUT2D eigenvalue weighted by atomic mass is 10.1. The molecule has 5 aromatic heterocycles. The van der Waals surface area contributed by atoms with Crippen molar-refractivity contribution in [3.63, 3.8) is 0 Å². The van der Waals surface area contributed by atoms with Gasteiger partial charge in [0.25, 0.3) is 0 Å². The van der Waals surface area contributed by atoms with E-state index >= 15 is 0 Å². The summed E-state index contributed by atoms with van der Waals surface area (Å²) in [6, 6.07) is 18.7. The number of aryl methyl sites for hydroxylation is 1. The molecule has 5 heteroatoms. The molecule has 0 nitrogen and oxygen atoms in total. The van der Waals surface area contributed by atoms with Crippen molar-refractivity contribution < 1.29 is 0 Å². The van der Waals surface area contributed by atoms with E-state index in [0.29, 0.717) is 0 Å². The minimum Gasteiger partial charge on any atom is -0.144 e. The molecular weight excluding hydrogens is 437 g/mol. The fourth-order valence-corrected chi connectivity index (χ4v) is 9.61. The van der Waals surface area contributed by atoms with Gasteiger partial charge in [-0.1, -0.05) is 0 Å². The summed E-state index contributed by atoms with van der Waals surface area (Å²) >= 11 is 9.55. The zero-order valence-corrected chi connectivity index (χ0v) is 18.8. The Kier molecular flexibility index (Phi) is 3.24. The van der Waals surface area contributed by atoms with Crippen molar-refractivity contribution in [2.75, 3.05) is 0 Å². The van der Waals surface area contributed by atoms with Crippen LogP contribution in [0, 0.1) is 6.92 Å². The molecule has 0 aliphatic rings. The van der Waals surface area contributed by atoms with Crippen LogP contribution in [0.2, 0.25) is 0 Å². The Hall–Kier alpha value is -1.76. The van der Waals surface area contributed by atoms with Crippen molar-refractivity contribution in [3.05, 3.63) is 58.8 Å². The molecule has 7 aromatic rings. The first kappa shape index (κ1) is 16.1. The van der Waals surface area contributed by atoms with Gasteiger partial charge in [0, 0.05) is 44.2 Å². The van der Waals surface area contributed by atoms with Crippen molar-refractivity contribution >= 4 is 106 Å². The molecule has 134 valence electrons. The van der Waals surface area contributed by atoms with Crippen LogP contribution < -0.4 is 0 Å². The van der Waals surface area contributed by atoms with Crippen molar-refractivity contribution in [1.29, 1.82) is 0 Å². The van der Waals surface area contributed by atoms with Gasteiger partial charge in [-0.15, -0.1) is 56.7 Å². The molecule has 7 rings (SSSR count). The minimum absolute atomic E-state index is 1.37. The SMILES string of the molecule is Cc1ccc(-c2cc3cc4c(cc3s2)sc2c3cc5ccsc5cc3sc42)s1. The second-order valence-corrected chi connectivity index (χ2v) is 12.5. The molecule has 0 bridgehead atoms. The average Bonchev–Trinajstić information content (AvgIpc) is 3.46. The monoisotopic (exact) mass is 448 g/mol. The number of thiophene rings is 5. The third-order valence-electron chi connectivity index (χ3n) is 5.28. The van der Waals surface area contributed by atoms with Crippen LogP contribution in [0.15, 0.2) is 53.9 Å². The molecule has 5 heterocycles. The summed E-state index contributed by atoms with van der Waals surface area (Å²) < 4.78 is 8.52. The second kappa shape index (κ2) is 5.65. The Morgan fingerprint density at radius 1 is 0.571 bits per heavy atom. The molecule has 0 amide bonds. The summed E-state index contributed by atoms with van der Waals surface area (Å²) in [4.78, 5) is 4.15. The fraction of sp³-hybridized carbons (Fsp3) is 0.0435. The number of hydrogen-bond donors (Lipinski definition) is 0. The van der Waals surface area contributed by atoms with Crippen molar-refractivity contribution in [2.45, 2.75) is 6.92 Å². The molecule has 0 saturated heterocycles. The van der Waals surface area contributed by atoms with Gasteiger partial charge >= 0.3 is 0 Å². The van der Waals surface area contributed by atoms with Gasteiger partial charge in [0.2, 0.25) is 0 Å². The third kappa shape index (κ3) is 2.19. The summed E-state index contributed by atoms with van der Waals surface area (Å²) in [6.07, 6.45) is 0. The van der Waals surface area contributed by atoms with E-state index in [1.54, 1.807) is 0 Å². The highest BCUT2D eigenvalue weighted by Gasteiger charge is 2.15. The summed E-state index contributed by atoms with van der Waals surface area (Å²) in [5.74, 6) is 0. The molecule has 28 heavy (non-hydrogen) atoms. The van der Waals surface area contributed by atoms with Gasteiger partial charge < -0.3 is 0 Å². The van der Waals surface area contributed by atoms with Crippen molar-refractivity contribution in [2.24, 2.45) is 0 Å². The Balaban J connectivity index is 1.52. The topological polar surface area (TPSA) is 0 Å². The average molecular weight is 449 g/mol. The zero-order chi connectivity index (χ0) is 18.4. The third-order valence-corrected chi connectivity index (χ3v) is 11.0. The lowest BCUT2D eigenvalue weighted by molar-refractivity contribution is 1.64. The van der Waals surface area contributed by atoms with Gasteiger partial charge in [-0.3, -0.25) is 0 Å². The highest BCUT2D eigenvalue weighted by Crippen LogP contribution is 2.48.